The number of ether oxygens (including phenoxy) is 3. The average molecular weight is 406 g/mol. The average Bonchev–Trinajstić information content (AvgIpc) is 3.40. The first-order chi connectivity index (χ1) is 13.9. The maximum atomic E-state index is 12.8. The van der Waals surface area contributed by atoms with Gasteiger partial charge in [-0.15, -0.1) is 0 Å². The number of hydrogen-bond donors (Lipinski definition) is 0. The van der Waals surface area contributed by atoms with E-state index in [1.807, 2.05) is 6.92 Å². The van der Waals surface area contributed by atoms with Crippen LogP contribution in [-0.2, 0) is 23.8 Å². The monoisotopic (exact) mass is 405 g/mol. The molecule has 7 atom stereocenters. The van der Waals surface area contributed by atoms with Gasteiger partial charge < -0.3 is 19.1 Å². The van der Waals surface area contributed by atoms with Crippen LogP contribution in [0.1, 0.15) is 58.8 Å². The molecule has 5 aliphatic rings. The van der Waals surface area contributed by atoms with Crippen molar-refractivity contribution in [3.63, 3.8) is 0 Å². The van der Waals surface area contributed by atoms with Crippen LogP contribution >= 0.6 is 0 Å². The predicted molar refractivity (Wildman–Crippen MR) is 106 cm³/mol. The SMILES string of the molecule is CCOC(=O)[C@@H]1CCCN(C[C@@H]2C(=O)O[C@@H]3C[C@@]4(C)CCC[C@@]5(CO5)[C@H]4C[C@H]23)C1. The molecule has 0 aromatic carbocycles. The topological polar surface area (TPSA) is 68.4 Å². The first kappa shape index (κ1) is 19.8. The molecule has 0 unspecified atom stereocenters. The number of piperidine rings is 1. The van der Waals surface area contributed by atoms with Gasteiger partial charge in [0, 0.05) is 19.0 Å². The minimum Gasteiger partial charge on any atom is -0.466 e. The highest BCUT2D eigenvalue weighted by Crippen LogP contribution is 2.62. The normalized spacial score (nSPS) is 46.7. The van der Waals surface area contributed by atoms with E-state index in [0.717, 1.165) is 38.8 Å². The van der Waals surface area contributed by atoms with Crippen LogP contribution in [0.5, 0.6) is 0 Å². The summed E-state index contributed by atoms with van der Waals surface area (Å²) in [5.74, 6) is 0.605. The Balaban J connectivity index is 1.28. The molecule has 5 rings (SSSR count). The van der Waals surface area contributed by atoms with Crippen molar-refractivity contribution in [2.45, 2.75) is 70.5 Å². The van der Waals surface area contributed by atoms with Crippen LogP contribution in [0.15, 0.2) is 0 Å². The molecule has 5 fully saturated rings. The largest absolute Gasteiger partial charge is 0.466 e. The Bertz CT molecular complexity index is 676. The van der Waals surface area contributed by atoms with Gasteiger partial charge in [0.05, 0.1) is 30.7 Å². The standard InChI is InChI=1S/C23H35NO5/c1-3-27-20(25)15-6-4-9-24(12-15)13-17-16-10-19-22(2,11-18(16)29-21(17)26)7-5-8-23(19)14-28-23/h15-19H,3-14H2,1-2H3/t15-,16-,17+,18-,19+,22-,23-/m1/s1. The zero-order chi connectivity index (χ0) is 20.2. The summed E-state index contributed by atoms with van der Waals surface area (Å²) in [6.07, 6.45) is 7.60. The van der Waals surface area contributed by atoms with E-state index in [9.17, 15) is 9.59 Å². The molecule has 0 radical (unpaired) electrons. The fourth-order valence-corrected chi connectivity index (χ4v) is 7.12. The summed E-state index contributed by atoms with van der Waals surface area (Å²) >= 11 is 0. The van der Waals surface area contributed by atoms with Gasteiger partial charge in [-0.2, -0.15) is 0 Å². The lowest BCUT2D eigenvalue weighted by molar-refractivity contribution is -0.150. The van der Waals surface area contributed by atoms with Crippen molar-refractivity contribution in [1.29, 1.82) is 0 Å². The summed E-state index contributed by atoms with van der Waals surface area (Å²) in [7, 11) is 0. The van der Waals surface area contributed by atoms with Crippen LogP contribution in [-0.4, -0.2) is 61.4 Å². The van der Waals surface area contributed by atoms with Crippen molar-refractivity contribution < 1.29 is 23.8 Å². The predicted octanol–water partition coefficient (Wildman–Crippen LogP) is 2.79. The summed E-state index contributed by atoms with van der Waals surface area (Å²) in [5.41, 5.74) is 0.333. The lowest BCUT2D eigenvalue weighted by Crippen LogP contribution is -2.51. The minimum atomic E-state index is -0.0902. The number of carbonyl (C=O) groups excluding carboxylic acids is 2. The van der Waals surface area contributed by atoms with E-state index in [4.69, 9.17) is 14.2 Å². The number of likely N-dealkylation sites (tertiary alicyclic amines) is 1. The Morgan fingerprint density at radius 2 is 2.14 bits per heavy atom. The first-order valence-electron chi connectivity index (χ1n) is 11.7. The van der Waals surface area contributed by atoms with Gasteiger partial charge in [-0.25, -0.2) is 0 Å². The third-order valence-corrected chi connectivity index (χ3v) is 8.66. The zero-order valence-corrected chi connectivity index (χ0v) is 17.9. The fourth-order valence-electron chi connectivity index (χ4n) is 7.12. The maximum absolute atomic E-state index is 12.8. The Hall–Kier alpha value is -1.14. The highest BCUT2D eigenvalue weighted by atomic mass is 16.6. The summed E-state index contributed by atoms with van der Waals surface area (Å²) in [6, 6.07) is 0. The second-order valence-electron chi connectivity index (χ2n) is 10.4. The molecule has 3 saturated heterocycles. The lowest BCUT2D eigenvalue weighted by atomic mass is 9.53. The van der Waals surface area contributed by atoms with E-state index in [2.05, 4.69) is 11.8 Å². The molecule has 6 heteroatoms. The number of carbonyl (C=O) groups is 2. The smallest absolute Gasteiger partial charge is 0.310 e. The molecule has 2 aliphatic carbocycles. The van der Waals surface area contributed by atoms with Gasteiger partial charge in [0.1, 0.15) is 6.10 Å². The van der Waals surface area contributed by atoms with Crippen LogP contribution in [0.4, 0.5) is 0 Å². The number of fused-ring (bicyclic) bond motifs is 3. The Labute approximate surface area is 173 Å². The quantitative estimate of drug-likeness (QED) is 0.529. The van der Waals surface area contributed by atoms with E-state index in [1.165, 1.54) is 19.3 Å². The van der Waals surface area contributed by atoms with Crippen LogP contribution in [0.2, 0.25) is 0 Å². The molecule has 2 saturated carbocycles. The van der Waals surface area contributed by atoms with Crippen LogP contribution in [0, 0.1) is 29.1 Å². The summed E-state index contributed by atoms with van der Waals surface area (Å²) in [4.78, 5) is 27.3. The van der Waals surface area contributed by atoms with E-state index in [0.29, 0.717) is 31.5 Å². The van der Waals surface area contributed by atoms with Gasteiger partial charge in [-0.1, -0.05) is 6.92 Å². The van der Waals surface area contributed by atoms with Crippen LogP contribution in [0.25, 0.3) is 0 Å². The number of hydrogen-bond acceptors (Lipinski definition) is 6. The Morgan fingerprint density at radius 1 is 1.31 bits per heavy atom. The van der Waals surface area contributed by atoms with Gasteiger partial charge in [-0.05, 0) is 69.7 Å². The van der Waals surface area contributed by atoms with Crippen molar-refractivity contribution in [2.75, 3.05) is 32.8 Å². The first-order valence-corrected chi connectivity index (χ1v) is 11.7. The number of rotatable bonds is 4. The summed E-state index contributed by atoms with van der Waals surface area (Å²) in [5, 5.41) is 0. The van der Waals surface area contributed by atoms with Gasteiger partial charge in [-0.3, -0.25) is 9.59 Å². The number of nitrogens with zero attached hydrogens (tertiary/aromatic N) is 1. The van der Waals surface area contributed by atoms with Gasteiger partial charge in [0.15, 0.2) is 0 Å². The highest BCUT2D eigenvalue weighted by molar-refractivity contribution is 5.76. The van der Waals surface area contributed by atoms with Crippen molar-refractivity contribution in [1.82, 2.24) is 4.90 Å². The van der Waals surface area contributed by atoms with Crippen LogP contribution in [0.3, 0.4) is 0 Å². The van der Waals surface area contributed by atoms with E-state index in [-0.39, 0.29) is 40.9 Å². The van der Waals surface area contributed by atoms with Gasteiger partial charge in [0.2, 0.25) is 0 Å². The molecule has 0 bridgehead atoms. The Morgan fingerprint density at radius 3 is 2.90 bits per heavy atom. The second-order valence-corrected chi connectivity index (χ2v) is 10.4. The van der Waals surface area contributed by atoms with Crippen molar-refractivity contribution in [3.8, 4) is 0 Å². The van der Waals surface area contributed by atoms with E-state index in [1.54, 1.807) is 0 Å². The Kier molecular flexibility index (Phi) is 4.93. The van der Waals surface area contributed by atoms with E-state index >= 15 is 0 Å². The van der Waals surface area contributed by atoms with Gasteiger partial charge >= 0.3 is 11.9 Å². The molecule has 1 spiro atoms. The van der Waals surface area contributed by atoms with Crippen LogP contribution < -0.4 is 0 Å². The number of epoxide rings is 1. The van der Waals surface area contributed by atoms with Crippen molar-refractivity contribution in [3.05, 3.63) is 0 Å². The molecule has 0 amide bonds. The molecule has 0 N–H and O–H groups in total. The molecule has 162 valence electrons. The van der Waals surface area contributed by atoms with E-state index < -0.39 is 0 Å². The summed E-state index contributed by atoms with van der Waals surface area (Å²) in [6.45, 7) is 7.94. The molecule has 0 aromatic rings. The fraction of sp³-hybridized carbons (Fsp3) is 0.913. The number of esters is 2. The second kappa shape index (κ2) is 7.23. The molecule has 29 heavy (non-hydrogen) atoms. The van der Waals surface area contributed by atoms with Crippen molar-refractivity contribution >= 4 is 11.9 Å². The minimum absolute atomic E-state index is 0.0220. The highest BCUT2D eigenvalue weighted by Gasteiger charge is 2.65. The maximum Gasteiger partial charge on any atom is 0.310 e. The molecule has 3 aliphatic heterocycles. The molecular formula is C23H35NO5. The lowest BCUT2D eigenvalue weighted by Gasteiger charge is -2.51. The van der Waals surface area contributed by atoms with Crippen molar-refractivity contribution in [2.24, 2.45) is 29.1 Å². The molecule has 0 aromatic heterocycles. The molecular weight excluding hydrogens is 370 g/mol. The third kappa shape index (κ3) is 3.40. The molecule has 3 heterocycles. The molecule has 6 nitrogen and oxygen atoms in total. The zero-order valence-electron chi connectivity index (χ0n) is 17.9. The third-order valence-electron chi connectivity index (χ3n) is 8.66. The van der Waals surface area contributed by atoms with Gasteiger partial charge in [0.25, 0.3) is 0 Å². The summed E-state index contributed by atoms with van der Waals surface area (Å²) < 4.78 is 17.2.